The standard InChI is InChI=1S/C8H10Cl2O2/c9-1-4-5(2-10)7-6(4)3-12-8(7)11/h4-7H,1-3H2. The van der Waals surface area contributed by atoms with Crippen molar-refractivity contribution < 1.29 is 9.53 Å². The van der Waals surface area contributed by atoms with Crippen molar-refractivity contribution in [2.45, 2.75) is 0 Å². The van der Waals surface area contributed by atoms with Crippen LogP contribution in [0.3, 0.4) is 0 Å². The van der Waals surface area contributed by atoms with Gasteiger partial charge < -0.3 is 4.74 Å². The minimum atomic E-state index is -0.0768. The van der Waals surface area contributed by atoms with Gasteiger partial charge in [0.25, 0.3) is 0 Å². The maximum atomic E-state index is 11.1. The molecule has 68 valence electrons. The molecule has 0 spiro atoms. The summed E-state index contributed by atoms with van der Waals surface area (Å²) >= 11 is 11.5. The Morgan fingerprint density at radius 3 is 2.58 bits per heavy atom. The first-order valence-corrected chi connectivity index (χ1v) is 5.15. The maximum absolute atomic E-state index is 11.1. The van der Waals surface area contributed by atoms with Crippen LogP contribution in [0.1, 0.15) is 0 Å². The summed E-state index contributed by atoms with van der Waals surface area (Å²) in [4.78, 5) is 11.1. The van der Waals surface area contributed by atoms with E-state index < -0.39 is 0 Å². The first kappa shape index (κ1) is 8.64. The Bertz CT molecular complexity index is 207. The Kier molecular flexibility index (Phi) is 2.21. The fourth-order valence-corrected chi connectivity index (χ4v) is 3.19. The summed E-state index contributed by atoms with van der Waals surface area (Å²) in [5.74, 6) is 2.07. The quantitative estimate of drug-likeness (QED) is 0.508. The highest BCUT2D eigenvalue weighted by Gasteiger charge is 2.57. The molecule has 0 aromatic heterocycles. The second-order valence-corrected chi connectivity index (χ2v) is 4.07. The number of hydrogen-bond donors (Lipinski definition) is 0. The van der Waals surface area contributed by atoms with E-state index in [1.807, 2.05) is 0 Å². The predicted octanol–water partition coefficient (Wildman–Crippen LogP) is 1.50. The molecule has 1 heterocycles. The minimum absolute atomic E-state index is 0.0475. The summed E-state index contributed by atoms with van der Waals surface area (Å²) in [5.41, 5.74) is 0. The number of alkyl halides is 2. The van der Waals surface area contributed by atoms with Gasteiger partial charge in [-0.1, -0.05) is 0 Å². The molecular formula is C8H10Cl2O2. The zero-order chi connectivity index (χ0) is 8.72. The largest absolute Gasteiger partial charge is 0.465 e. The number of cyclic esters (lactones) is 1. The van der Waals surface area contributed by atoms with Crippen LogP contribution in [0, 0.1) is 23.7 Å². The van der Waals surface area contributed by atoms with Crippen molar-refractivity contribution in [3.8, 4) is 0 Å². The highest BCUT2D eigenvalue weighted by molar-refractivity contribution is 6.19. The van der Waals surface area contributed by atoms with E-state index in [9.17, 15) is 4.79 Å². The Labute approximate surface area is 81.2 Å². The van der Waals surface area contributed by atoms with E-state index in [1.54, 1.807) is 0 Å². The van der Waals surface area contributed by atoms with Crippen LogP contribution < -0.4 is 0 Å². The maximum Gasteiger partial charge on any atom is 0.309 e. The second kappa shape index (κ2) is 3.08. The van der Waals surface area contributed by atoms with Crippen molar-refractivity contribution in [2.24, 2.45) is 23.7 Å². The number of carbonyl (C=O) groups is 1. The predicted molar refractivity (Wildman–Crippen MR) is 46.4 cm³/mol. The van der Waals surface area contributed by atoms with Crippen molar-refractivity contribution in [1.29, 1.82) is 0 Å². The number of rotatable bonds is 2. The highest BCUT2D eigenvalue weighted by atomic mass is 35.5. The third-order valence-corrected chi connectivity index (χ3v) is 3.78. The van der Waals surface area contributed by atoms with Crippen molar-refractivity contribution in [3.63, 3.8) is 0 Å². The SMILES string of the molecule is O=C1OCC2C(CCl)C(CCl)C12. The molecule has 1 saturated heterocycles. The molecule has 1 aliphatic carbocycles. The fourth-order valence-electron chi connectivity index (χ4n) is 2.31. The molecule has 2 aliphatic rings. The van der Waals surface area contributed by atoms with E-state index in [-0.39, 0.29) is 17.8 Å². The Morgan fingerprint density at radius 1 is 1.33 bits per heavy atom. The van der Waals surface area contributed by atoms with Crippen molar-refractivity contribution in [3.05, 3.63) is 0 Å². The normalized spacial score (nSPS) is 45.0. The van der Waals surface area contributed by atoms with E-state index in [4.69, 9.17) is 27.9 Å². The van der Waals surface area contributed by atoms with Crippen LogP contribution in [0.2, 0.25) is 0 Å². The molecule has 2 fully saturated rings. The van der Waals surface area contributed by atoms with Gasteiger partial charge in [-0.05, 0) is 11.8 Å². The van der Waals surface area contributed by atoms with E-state index in [1.165, 1.54) is 0 Å². The molecular weight excluding hydrogens is 199 g/mol. The zero-order valence-electron chi connectivity index (χ0n) is 6.50. The van der Waals surface area contributed by atoms with Gasteiger partial charge in [0.05, 0.1) is 12.5 Å². The molecule has 4 heteroatoms. The lowest BCUT2D eigenvalue weighted by molar-refractivity contribution is -0.144. The van der Waals surface area contributed by atoms with Gasteiger partial charge in [0.2, 0.25) is 0 Å². The fraction of sp³-hybridized carbons (Fsp3) is 0.875. The van der Waals surface area contributed by atoms with E-state index in [2.05, 4.69) is 0 Å². The Balaban J connectivity index is 2.09. The van der Waals surface area contributed by atoms with Crippen LogP contribution in [0.25, 0.3) is 0 Å². The van der Waals surface area contributed by atoms with Crippen LogP contribution in [-0.2, 0) is 9.53 Å². The monoisotopic (exact) mass is 208 g/mol. The highest BCUT2D eigenvalue weighted by Crippen LogP contribution is 2.51. The summed E-state index contributed by atoms with van der Waals surface area (Å²) in [7, 11) is 0. The number of fused-ring (bicyclic) bond motifs is 1. The van der Waals surface area contributed by atoms with Crippen LogP contribution >= 0.6 is 23.2 Å². The summed E-state index contributed by atoms with van der Waals surface area (Å²) in [6.07, 6.45) is 0. The van der Waals surface area contributed by atoms with Crippen molar-refractivity contribution in [2.75, 3.05) is 18.4 Å². The summed E-state index contributed by atoms with van der Waals surface area (Å²) < 4.78 is 4.95. The number of carbonyl (C=O) groups excluding carboxylic acids is 1. The van der Waals surface area contributed by atoms with Gasteiger partial charge in [0.15, 0.2) is 0 Å². The smallest absolute Gasteiger partial charge is 0.309 e. The lowest BCUT2D eigenvalue weighted by atomic mass is 9.59. The van der Waals surface area contributed by atoms with Gasteiger partial charge in [0.1, 0.15) is 0 Å². The molecule has 0 bridgehead atoms. The number of ether oxygens (including phenoxy) is 1. The van der Waals surface area contributed by atoms with Gasteiger partial charge in [-0.15, -0.1) is 23.2 Å². The molecule has 1 saturated carbocycles. The Hall–Kier alpha value is 0.0500. The first-order chi connectivity index (χ1) is 5.79. The number of esters is 1. The zero-order valence-corrected chi connectivity index (χ0v) is 8.02. The second-order valence-electron chi connectivity index (χ2n) is 3.46. The molecule has 0 radical (unpaired) electrons. The topological polar surface area (TPSA) is 26.3 Å². The summed E-state index contributed by atoms with van der Waals surface area (Å²) in [6, 6.07) is 0. The minimum Gasteiger partial charge on any atom is -0.465 e. The van der Waals surface area contributed by atoms with Gasteiger partial charge in [-0.25, -0.2) is 0 Å². The van der Waals surface area contributed by atoms with E-state index in [0.29, 0.717) is 30.2 Å². The molecule has 1 aliphatic heterocycles. The van der Waals surface area contributed by atoms with Gasteiger partial charge >= 0.3 is 5.97 Å². The van der Waals surface area contributed by atoms with Crippen LogP contribution in [0.4, 0.5) is 0 Å². The van der Waals surface area contributed by atoms with Crippen LogP contribution in [0.15, 0.2) is 0 Å². The molecule has 0 aromatic rings. The van der Waals surface area contributed by atoms with Crippen LogP contribution in [-0.4, -0.2) is 24.3 Å². The average Bonchev–Trinajstić information content (AvgIpc) is 2.31. The summed E-state index contributed by atoms with van der Waals surface area (Å²) in [6.45, 7) is 0.550. The van der Waals surface area contributed by atoms with E-state index in [0.717, 1.165) is 0 Å². The van der Waals surface area contributed by atoms with Gasteiger partial charge in [-0.2, -0.15) is 0 Å². The van der Waals surface area contributed by atoms with Crippen molar-refractivity contribution >= 4 is 29.2 Å². The Morgan fingerprint density at radius 2 is 2.00 bits per heavy atom. The molecule has 4 unspecified atom stereocenters. The lowest BCUT2D eigenvalue weighted by Gasteiger charge is -2.43. The average molecular weight is 209 g/mol. The van der Waals surface area contributed by atoms with Gasteiger partial charge in [-0.3, -0.25) is 4.79 Å². The molecule has 0 amide bonds. The number of halogens is 2. The van der Waals surface area contributed by atoms with Crippen molar-refractivity contribution in [1.82, 2.24) is 0 Å². The molecule has 0 N–H and O–H groups in total. The molecule has 2 rings (SSSR count). The lowest BCUT2D eigenvalue weighted by Crippen LogP contribution is -2.49. The van der Waals surface area contributed by atoms with Crippen LogP contribution in [0.5, 0.6) is 0 Å². The molecule has 4 atom stereocenters. The van der Waals surface area contributed by atoms with E-state index >= 15 is 0 Å². The summed E-state index contributed by atoms with van der Waals surface area (Å²) in [5, 5.41) is 0. The molecule has 2 nitrogen and oxygen atoms in total. The first-order valence-electron chi connectivity index (χ1n) is 4.08. The van der Waals surface area contributed by atoms with Gasteiger partial charge in [0, 0.05) is 17.7 Å². The third-order valence-electron chi connectivity index (χ3n) is 3.07. The molecule has 12 heavy (non-hydrogen) atoms. The number of hydrogen-bond acceptors (Lipinski definition) is 2. The molecule has 0 aromatic carbocycles. The third kappa shape index (κ3) is 0.975.